The second kappa shape index (κ2) is 7.98. The van der Waals surface area contributed by atoms with Crippen LogP contribution in [0.1, 0.15) is 21.5 Å². The fraction of sp³-hybridized carbons (Fsp3) is 0.0870. The molecule has 2 aromatic heterocycles. The van der Waals surface area contributed by atoms with Gasteiger partial charge in [-0.25, -0.2) is 14.6 Å². The van der Waals surface area contributed by atoms with Crippen molar-refractivity contribution in [3.8, 4) is 11.6 Å². The molecule has 0 aliphatic heterocycles. The number of esters is 1. The molecule has 0 amide bonds. The number of hydrogen-bond acceptors (Lipinski definition) is 6. The van der Waals surface area contributed by atoms with E-state index in [4.69, 9.17) is 13.9 Å². The summed E-state index contributed by atoms with van der Waals surface area (Å²) >= 11 is 0. The first-order valence-corrected chi connectivity index (χ1v) is 8.98. The largest absolute Gasteiger partial charge is 0.457 e. The molecular formula is C23H17NO5. The lowest BCUT2D eigenvalue weighted by atomic mass is 10.1. The number of nitrogens with zero attached hydrogens (tertiary/aromatic N) is 1. The first kappa shape index (κ1) is 18.4. The number of pyridine rings is 1. The highest BCUT2D eigenvalue weighted by molar-refractivity contribution is 5.92. The molecule has 0 saturated carbocycles. The van der Waals surface area contributed by atoms with Crippen LogP contribution in [-0.4, -0.2) is 11.0 Å². The summed E-state index contributed by atoms with van der Waals surface area (Å²) in [7, 11) is 0. The monoisotopic (exact) mass is 387 g/mol. The number of benzene rings is 2. The van der Waals surface area contributed by atoms with E-state index in [0.717, 1.165) is 10.9 Å². The van der Waals surface area contributed by atoms with Crippen molar-refractivity contribution in [1.82, 2.24) is 4.98 Å². The van der Waals surface area contributed by atoms with Crippen LogP contribution in [0, 0.1) is 6.92 Å². The third-order valence-corrected chi connectivity index (χ3v) is 4.29. The second-order valence-electron chi connectivity index (χ2n) is 6.44. The molecule has 2 heterocycles. The van der Waals surface area contributed by atoms with Gasteiger partial charge < -0.3 is 13.9 Å². The first-order valence-electron chi connectivity index (χ1n) is 8.98. The number of carbonyl (C=O) groups is 1. The van der Waals surface area contributed by atoms with Gasteiger partial charge in [0.25, 0.3) is 0 Å². The Morgan fingerprint density at radius 1 is 1.03 bits per heavy atom. The van der Waals surface area contributed by atoms with Crippen molar-refractivity contribution in [2.24, 2.45) is 0 Å². The van der Waals surface area contributed by atoms with E-state index in [0.29, 0.717) is 16.9 Å². The van der Waals surface area contributed by atoms with Crippen LogP contribution in [0.4, 0.5) is 0 Å². The molecule has 0 spiro atoms. The topological polar surface area (TPSA) is 78.6 Å². The Balaban J connectivity index is 1.57. The van der Waals surface area contributed by atoms with Gasteiger partial charge in [-0.3, -0.25) is 0 Å². The highest BCUT2D eigenvalue weighted by Gasteiger charge is 2.17. The van der Waals surface area contributed by atoms with Crippen molar-refractivity contribution in [3.05, 3.63) is 100 Å². The predicted molar refractivity (Wildman–Crippen MR) is 107 cm³/mol. The van der Waals surface area contributed by atoms with Gasteiger partial charge in [-0.15, -0.1) is 0 Å². The zero-order valence-corrected chi connectivity index (χ0v) is 15.6. The molecule has 0 bridgehead atoms. The lowest BCUT2D eigenvalue weighted by molar-refractivity contribution is 0.0470. The van der Waals surface area contributed by atoms with Gasteiger partial charge in [0.2, 0.25) is 5.88 Å². The molecule has 0 saturated heterocycles. The third-order valence-electron chi connectivity index (χ3n) is 4.29. The summed E-state index contributed by atoms with van der Waals surface area (Å²) in [5.74, 6) is 0.108. The van der Waals surface area contributed by atoms with Crippen LogP contribution in [0.25, 0.3) is 11.0 Å². The van der Waals surface area contributed by atoms with E-state index in [-0.39, 0.29) is 18.1 Å². The number of aromatic nitrogens is 1. The number of hydrogen-bond donors (Lipinski definition) is 0. The van der Waals surface area contributed by atoms with Crippen molar-refractivity contribution < 1.29 is 18.7 Å². The summed E-state index contributed by atoms with van der Waals surface area (Å²) in [6.07, 6.45) is 1.54. The standard InChI is InChI=1S/C23H17NO5/c1-15-9-10-18-16(13-21(25)29-20(18)12-15)14-27-23(26)19-8-5-11-24-22(19)28-17-6-3-2-4-7-17/h2-13H,14H2,1H3. The molecular weight excluding hydrogens is 370 g/mol. The summed E-state index contributed by atoms with van der Waals surface area (Å²) in [6, 6.07) is 19.1. The molecule has 0 N–H and O–H groups in total. The molecule has 0 atom stereocenters. The smallest absolute Gasteiger partial charge is 0.344 e. The van der Waals surface area contributed by atoms with Crippen LogP contribution in [0.3, 0.4) is 0 Å². The summed E-state index contributed by atoms with van der Waals surface area (Å²) in [5, 5.41) is 0.718. The number of rotatable bonds is 5. The van der Waals surface area contributed by atoms with E-state index in [1.807, 2.05) is 37.3 Å². The number of para-hydroxylation sites is 1. The fourth-order valence-corrected chi connectivity index (χ4v) is 2.91. The lowest BCUT2D eigenvalue weighted by Gasteiger charge is -2.10. The van der Waals surface area contributed by atoms with E-state index >= 15 is 0 Å². The highest BCUT2D eigenvalue weighted by atomic mass is 16.5. The lowest BCUT2D eigenvalue weighted by Crippen LogP contribution is -2.09. The third kappa shape index (κ3) is 4.16. The van der Waals surface area contributed by atoms with E-state index in [1.54, 1.807) is 30.3 Å². The number of ether oxygens (including phenoxy) is 2. The zero-order chi connectivity index (χ0) is 20.2. The molecule has 4 rings (SSSR count). The van der Waals surface area contributed by atoms with E-state index in [1.165, 1.54) is 12.3 Å². The molecule has 0 fully saturated rings. The van der Waals surface area contributed by atoms with E-state index in [2.05, 4.69) is 4.98 Å². The molecule has 0 aliphatic carbocycles. The van der Waals surface area contributed by atoms with E-state index in [9.17, 15) is 9.59 Å². The SMILES string of the molecule is Cc1ccc2c(COC(=O)c3cccnc3Oc3ccccc3)cc(=O)oc2c1. The van der Waals surface area contributed by atoms with Gasteiger partial charge in [0.15, 0.2) is 0 Å². The number of aryl methyl sites for hydroxylation is 1. The Morgan fingerprint density at radius 3 is 2.69 bits per heavy atom. The molecule has 0 aliphatic rings. The maximum absolute atomic E-state index is 12.7. The zero-order valence-electron chi connectivity index (χ0n) is 15.6. The Labute approximate surface area is 166 Å². The Bertz CT molecular complexity index is 1230. The van der Waals surface area contributed by atoms with Crippen molar-refractivity contribution in [2.75, 3.05) is 0 Å². The second-order valence-corrected chi connectivity index (χ2v) is 6.44. The molecule has 144 valence electrons. The minimum atomic E-state index is -0.600. The molecule has 29 heavy (non-hydrogen) atoms. The van der Waals surface area contributed by atoms with Crippen LogP contribution in [-0.2, 0) is 11.3 Å². The van der Waals surface area contributed by atoms with Crippen molar-refractivity contribution in [1.29, 1.82) is 0 Å². The Morgan fingerprint density at radius 2 is 1.86 bits per heavy atom. The predicted octanol–water partition coefficient (Wildman–Crippen LogP) is 4.65. The molecule has 6 nitrogen and oxygen atoms in total. The summed E-state index contributed by atoms with van der Waals surface area (Å²) in [6.45, 7) is 1.83. The molecule has 0 radical (unpaired) electrons. The van der Waals surface area contributed by atoms with Crippen molar-refractivity contribution in [3.63, 3.8) is 0 Å². The average Bonchev–Trinajstić information content (AvgIpc) is 2.72. The quantitative estimate of drug-likeness (QED) is 0.366. The maximum Gasteiger partial charge on any atom is 0.344 e. The molecule has 0 unspecified atom stereocenters. The normalized spacial score (nSPS) is 10.7. The minimum Gasteiger partial charge on any atom is -0.457 e. The Hall–Kier alpha value is -3.93. The van der Waals surface area contributed by atoms with E-state index < -0.39 is 11.6 Å². The number of fused-ring (bicyclic) bond motifs is 1. The van der Waals surface area contributed by atoms with Gasteiger partial charge in [-0.1, -0.05) is 30.3 Å². The molecule has 6 heteroatoms. The minimum absolute atomic E-state index is 0.0797. The number of carbonyl (C=O) groups excluding carboxylic acids is 1. The van der Waals surface area contributed by atoms with Crippen LogP contribution >= 0.6 is 0 Å². The van der Waals surface area contributed by atoms with Gasteiger partial charge in [-0.05, 0) is 42.8 Å². The van der Waals surface area contributed by atoms with Crippen molar-refractivity contribution >= 4 is 16.9 Å². The van der Waals surface area contributed by atoms with Gasteiger partial charge in [0, 0.05) is 23.2 Å². The summed E-state index contributed by atoms with van der Waals surface area (Å²) in [5.41, 5.74) is 1.69. The Kier molecular flexibility index (Phi) is 5.07. The van der Waals surface area contributed by atoms with Gasteiger partial charge in [0.05, 0.1) is 0 Å². The average molecular weight is 387 g/mol. The summed E-state index contributed by atoms with van der Waals surface area (Å²) in [4.78, 5) is 28.6. The highest BCUT2D eigenvalue weighted by Crippen LogP contribution is 2.24. The van der Waals surface area contributed by atoms with Crippen molar-refractivity contribution in [2.45, 2.75) is 13.5 Å². The van der Waals surface area contributed by atoms with Crippen LogP contribution in [0.2, 0.25) is 0 Å². The molecule has 4 aromatic rings. The van der Waals surface area contributed by atoms with Gasteiger partial charge in [0.1, 0.15) is 23.5 Å². The fourth-order valence-electron chi connectivity index (χ4n) is 2.91. The maximum atomic E-state index is 12.7. The van der Waals surface area contributed by atoms with Gasteiger partial charge >= 0.3 is 11.6 Å². The molecule has 2 aromatic carbocycles. The van der Waals surface area contributed by atoms with Gasteiger partial charge in [-0.2, -0.15) is 0 Å². The first-order chi connectivity index (χ1) is 14.1. The van der Waals surface area contributed by atoms with Crippen LogP contribution < -0.4 is 10.4 Å². The van der Waals surface area contributed by atoms with Crippen LogP contribution in [0.15, 0.2) is 82.1 Å². The van der Waals surface area contributed by atoms with Crippen LogP contribution in [0.5, 0.6) is 11.6 Å². The summed E-state index contributed by atoms with van der Waals surface area (Å²) < 4.78 is 16.4.